The minimum Gasteiger partial charge on any atom is -0.495 e. The number of pyridine rings is 1. The Kier molecular flexibility index (Phi) is 12.0. The molecule has 3 N–H and O–H groups in total. The molecule has 0 spiro atoms. The van der Waals surface area contributed by atoms with Gasteiger partial charge in [-0.2, -0.15) is 4.98 Å². The molecule has 0 unspecified atom stereocenters. The van der Waals surface area contributed by atoms with Gasteiger partial charge in [-0.15, -0.1) is 0 Å². The van der Waals surface area contributed by atoms with Gasteiger partial charge in [-0.05, 0) is 62.5 Å². The van der Waals surface area contributed by atoms with Crippen LogP contribution in [0.3, 0.4) is 0 Å². The van der Waals surface area contributed by atoms with Crippen molar-refractivity contribution in [3.63, 3.8) is 0 Å². The SMILES string of the molecule is C=CC(=O)Nc1ccc(Cn2c(=O)c(-c3c(Cl)c(OC)cc(OC)c3Cl)cc3cnc(Nc4c(C)cccc4NC(=O)/C=C/CN(C)C)nc32)cc1. The van der Waals surface area contributed by atoms with E-state index < -0.39 is 5.56 Å². The van der Waals surface area contributed by atoms with Gasteiger partial charge in [0.1, 0.15) is 17.1 Å². The average Bonchev–Trinajstić information content (AvgIpc) is 3.12. The minimum absolute atomic E-state index is 0.0800. The average molecular weight is 743 g/mol. The van der Waals surface area contributed by atoms with Crippen molar-refractivity contribution in [1.29, 1.82) is 0 Å². The number of benzene rings is 3. The van der Waals surface area contributed by atoms with Crippen molar-refractivity contribution < 1.29 is 19.1 Å². The van der Waals surface area contributed by atoms with Crippen molar-refractivity contribution in [3.8, 4) is 22.6 Å². The van der Waals surface area contributed by atoms with Crippen LogP contribution in [-0.2, 0) is 16.1 Å². The van der Waals surface area contributed by atoms with Gasteiger partial charge >= 0.3 is 0 Å². The van der Waals surface area contributed by atoms with Crippen LogP contribution >= 0.6 is 23.2 Å². The van der Waals surface area contributed by atoms with E-state index >= 15 is 0 Å². The van der Waals surface area contributed by atoms with Crippen LogP contribution < -0.4 is 31.0 Å². The molecule has 0 saturated carbocycles. The van der Waals surface area contributed by atoms with E-state index in [4.69, 9.17) is 37.7 Å². The number of para-hydroxylation sites is 1. The molecule has 0 aliphatic heterocycles. The first-order valence-electron chi connectivity index (χ1n) is 16.0. The summed E-state index contributed by atoms with van der Waals surface area (Å²) in [5.41, 5.74) is 3.48. The Morgan fingerprint density at radius 1 is 0.981 bits per heavy atom. The lowest BCUT2D eigenvalue weighted by atomic mass is 10.0. The fourth-order valence-corrected chi connectivity index (χ4v) is 6.04. The molecule has 12 nitrogen and oxygen atoms in total. The number of carbonyl (C=O) groups is 2. The number of nitrogens with one attached hydrogen (secondary N) is 3. The number of aryl methyl sites for hydroxylation is 1. The fraction of sp³-hybridized carbons (Fsp3) is 0.184. The molecule has 0 aliphatic carbocycles. The van der Waals surface area contributed by atoms with Crippen molar-refractivity contribution in [2.45, 2.75) is 13.5 Å². The number of rotatable bonds is 13. The monoisotopic (exact) mass is 741 g/mol. The van der Waals surface area contributed by atoms with Crippen molar-refractivity contribution in [1.82, 2.24) is 19.4 Å². The number of amides is 2. The van der Waals surface area contributed by atoms with Gasteiger partial charge < -0.3 is 30.3 Å². The summed E-state index contributed by atoms with van der Waals surface area (Å²) in [7, 11) is 6.73. The lowest BCUT2D eigenvalue weighted by Crippen LogP contribution is -2.24. The highest BCUT2D eigenvalue weighted by Crippen LogP contribution is 2.45. The number of methoxy groups -OCH3 is 2. The fourth-order valence-electron chi connectivity index (χ4n) is 5.33. The molecular weight excluding hydrogens is 705 g/mol. The third-order valence-corrected chi connectivity index (χ3v) is 8.68. The van der Waals surface area contributed by atoms with Crippen LogP contribution in [0.2, 0.25) is 10.0 Å². The second-order valence-electron chi connectivity index (χ2n) is 11.9. The number of nitrogens with zero attached hydrogens (tertiary/aromatic N) is 4. The third-order valence-electron chi connectivity index (χ3n) is 7.92. The summed E-state index contributed by atoms with van der Waals surface area (Å²) < 4.78 is 12.4. The second-order valence-corrected chi connectivity index (χ2v) is 12.6. The largest absolute Gasteiger partial charge is 0.495 e. The Hall–Kier alpha value is -5.69. The van der Waals surface area contributed by atoms with E-state index in [1.54, 1.807) is 54.7 Å². The van der Waals surface area contributed by atoms with Crippen LogP contribution in [0.15, 0.2) is 90.4 Å². The molecule has 0 radical (unpaired) electrons. The number of anilines is 4. The number of hydrogen-bond acceptors (Lipinski definition) is 9. The molecule has 0 saturated heterocycles. The van der Waals surface area contributed by atoms with Gasteiger partial charge in [-0.25, -0.2) is 4.98 Å². The lowest BCUT2D eigenvalue weighted by molar-refractivity contribution is -0.112. The van der Waals surface area contributed by atoms with E-state index in [-0.39, 0.29) is 57.0 Å². The summed E-state index contributed by atoms with van der Waals surface area (Å²) in [5.74, 6) is 0.0809. The summed E-state index contributed by atoms with van der Waals surface area (Å²) in [6.45, 7) is 6.06. The van der Waals surface area contributed by atoms with Gasteiger partial charge in [-0.1, -0.05) is 60.1 Å². The maximum atomic E-state index is 14.5. The number of ether oxygens (including phenoxy) is 2. The quantitative estimate of drug-likeness (QED) is 0.108. The standard InChI is InChI=1S/C38H37Cl2N7O5/c1-7-30(48)42-25-15-13-23(14-16-25)21-47-36-24(18-26(37(47)50)32-33(39)28(51-5)19-29(52-6)34(32)40)20-41-38(45-36)44-35-22(2)10-8-11-27(35)43-31(49)12-9-17-46(3)4/h7-16,18-20H,1,17,21H2,2-6H3,(H,42,48)(H,43,49)(H,41,44,45)/b12-9+. The first-order valence-corrected chi connectivity index (χ1v) is 16.7. The maximum Gasteiger partial charge on any atom is 0.260 e. The van der Waals surface area contributed by atoms with Crippen molar-refractivity contribution in [3.05, 3.63) is 117 Å². The Balaban J connectivity index is 1.63. The number of fused-ring (bicyclic) bond motifs is 1. The Labute approximate surface area is 310 Å². The number of aromatic nitrogens is 3. The van der Waals surface area contributed by atoms with E-state index in [1.165, 1.54) is 30.9 Å². The first-order chi connectivity index (χ1) is 24.9. The van der Waals surface area contributed by atoms with E-state index in [0.717, 1.165) is 11.1 Å². The normalized spacial score (nSPS) is 11.2. The summed E-state index contributed by atoms with van der Waals surface area (Å²) in [4.78, 5) is 50.4. The van der Waals surface area contributed by atoms with Crippen LogP contribution in [0.4, 0.5) is 23.0 Å². The lowest BCUT2D eigenvalue weighted by Gasteiger charge is -2.18. The van der Waals surface area contributed by atoms with Gasteiger partial charge in [0.25, 0.3) is 5.56 Å². The van der Waals surface area contributed by atoms with Crippen LogP contribution in [0.5, 0.6) is 11.5 Å². The molecule has 2 aromatic heterocycles. The predicted octanol–water partition coefficient (Wildman–Crippen LogP) is 7.06. The molecule has 5 aromatic rings. The molecule has 0 bridgehead atoms. The van der Waals surface area contributed by atoms with E-state index in [2.05, 4.69) is 27.5 Å². The van der Waals surface area contributed by atoms with Crippen LogP contribution in [0.1, 0.15) is 11.1 Å². The van der Waals surface area contributed by atoms with Gasteiger partial charge in [0.05, 0.1) is 47.7 Å². The molecule has 0 atom stereocenters. The van der Waals surface area contributed by atoms with Gasteiger partial charge in [0, 0.05) is 41.5 Å². The number of hydrogen-bond donors (Lipinski definition) is 3. The summed E-state index contributed by atoms with van der Waals surface area (Å²) in [6, 6.07) is 15.7. The van der Waals surface area contributed by atoms with Crippen LogP contribution in [-0.4, -0.2) is 66.1 Å². The number of halogens is 2. The molecule has 0 aliphatic rings. The van der Waals surface area contributed by atoms with Crippen molar-refractivity contribution in [2.75, 3.05) is 50.8 Å². The minimum atomic E-state index is -0.450. The highest BCUT2D eigenvalue weighted by molar-refractivity contribution is 6.41. The zero-order valence-electron chi connectivity index (χ0n) is 29.2. The topological polar surface area (TPSA) is 140 Å². The molecule has 5 rings (SSSR count). The predicted molar refractivity (Wildman–Crippen MR) is 208 cm³/mol. The van der Waals surface area contributed by atoms with Crippen LogP contribution in [0, 0.1) is 6.92 Å². The van der Waals surface area contributed by atoms with Crippen LogP contribution in [0.25, 0.3) is 22.2 Å². The highest BCUT2D eigenvalue weighted by Gasteiger charge is 2.24. The molecule has 14 heteroatoms. The molecule has 3 aromatic carbocycles. The van der Waals surface area contributed by atoms with Gasteiger partial charge in [-0.3, -0.25) is 19.0 Å². The molecule has 52 heavy (non-hydrogen) atoms. The zero-order chi connectivity index (χ0) is 37.5. The Morgan fingerprint density at radius 3 is 2.31 bits per heavy atom. The number of likely N-dealkylation sites (N-methyl/N-ethyl adjacent to an activating group) is 1. The molecule has 268 valence electrons. The van der Waals surface area contributed by atoms with Crippen molar-refractivity contribution in [2.24, 2.45) is 0 Å². The molecule has 2 amide bonds. The summed E-state index contributed by atoms with van der Waals surface area (Å²) >= 11 is 13.6. The van der Waals surface area contributed by atoms with E-state index in [0.29, 0.717) is 34.6 Å². The summed E-state index contributed by atoms with van der Waals surface area (Å²) in [5, 5.41) is 9.64. The Morgan fingerprint density at radius 2 is 1.67 bits per heavy atom. The van der Waals surface area contributed by atoms with Crippen molar-refractivity contribution >= 4 is 69.1 Å². The zero-order valence-corrected chi connectivity index (χ0v) is 30.7. The molecular formula is C38H37Cl2N7O5. The smallest absolute Gasteiger partial charge is 0.260 e. The maximum absolute atomic E-state index is 14.5. The molecule has 0 fully saturated rings. The van der Waals surface area contributed by atoms with E-state index in [1.807, 2.05) is 38.1 Å². The third kappa shape index (κ3) is 8.43. The molecule has 2 heterocycles. The first kappa shape index (κ1) is 37.6. The second kappa shape index (κ2) is 16.6. The van der Waals surface area contributed by atoms with Gasteiger partial charge in [0.2, 0.25) is 17.8 Å². The summed E-state index contributed by atoms with van der Waals surface area (Å²) in [6.07, 6.45) is 6.01. The Bertz CT molecular complexity index is 2220. The number of carbonyl (C=O) groups excluding carboxylic acids is 2. The van der Waals surface area contributed by atoms with E-state index in [9.17, 15) is 14.4 Å². The highest BCUT2D eigenvalue weighted by atomic mass is 35.5. The van der Waals surface area contributed by atoms with Gasteiger partial charge in [0.15, 0.2) is 0 Å².